The molecule has 0 saturated carbocycles. The third-order valence-electron chi connectivity index (χ3n) is 3.47. The SMILES string of the molecule is COc1ccc(CC(C)(CN)Nc2cccc(Cl)c2)cc1. The summed E-state index contributed by atoms with van der Waals surface area (Å²) in [6.45, 7) is 2.63. The summed E-state index contributed by atoms with van der Waals surface area (Å²) < 4.78 is 5.18. The number of benzene rings is 2. The Hall–Kier alpha value is -1.71. The van der Waals surface area contributed by atoms with Gasteiger partial charge in [-0.15, -0.1) is 0 Å². The molecule has 0 bridgehead atoms. The molecule has 0 radical (unpaired) electrons. The van der Waals surface area contributed by atoms with Crippen molar-refractivity contribution in [2.24, 2.45) is 5.73 Å². The Morgan fingerprint density at radius 2 is 1.90 bits per heavy atom. The molecule has 4 heteroatoms. The van der Waals surface area contributed by atoms with Crippen LogP contribution in [0.25, 0.3) is 0 Å². The van der Waals surface area contributed by atoms with Gasteiger partial charge in [0, 0.05) is 17.3 Å². The molecule has 112 valence electrons. The maximum absolute atomic E-state index is 6.03. The Kier molecular flexibility index (Phi) is 5.10. The smallest absolute Gasteiger partial charge is 0.118 e. The van der Waals surface area contributed by atoms with E-state index in [1.807, 2.05) is 36.4 Å². The number of nitrogens with one attached hydrogen (secondary N) is 1. The van der Waals surface area contributed by atoms with Gasteiger partial charge in [0.05, 0.1) is 12.6 Å². The van der Waals surface area contributed by atoms with E-state index >= 15 is 0 Å². The maximum Gasteiger partial charge on any atom is 0.118 e. The number of rotatable bonds is 6. The Balaban J connectivity index is 2.12. The molecule has 3 nitrogen and oxygen atoms in total. The summed E-state index contributed by atoms with van der Waals surface area (Å²) in [5.41, 5.74) is 7.92. The van der Waals surface area contributed by atoms with Crippen LogP contribution in [-0.4, -0.2) is 19.2 Å². The first kappa shape index (κ1) is 15.7. The van der Waals surface area contributed by atoms with Gasteiger partial charge in [-0.25, -0.2) is 0 Å². The lowest BCUT2D eigenvalue weighted by molar-refractivity contribution is 0.414. The van der Waals surface area contributed by atoms with Gasteiger partial charge < -0.3 is 15.8 Å². The molecule has 1 atom stereocenters. The summed E-state index contributed by atoms with van der Waals surface area (Å²) >= 11 is 6.03. The third-order valence-corrected chi connectivity index (χ3v) is 3.71. The Morgan fingerprint density at radius 3 is 2.48 bits per heavy atom. The number of nitrogens with two attached hydrogens (primary N) is 1. The lowest BCUT2D eigenvalue weighted by atomic mass is 9.92. The summed E-state index contributed by atoms with van der Waals surface area (Å²) in [5, 5.41) is 4.19. The minimum absolute atomic E-state index is 0.237. The molecule has 2 rings (SSSR count). The Labute approximate surface area is 131 Å². The molecule has 0 aliphatic carbocycles. The Morgan fingerprint density at radius 1 is 1.19 bits per heavy atom. The molecule has 0 heterocycles. The highest BCUT2D eigenvalue weighted by molar-refractivity contribution is 6.30. The average molecular weight is 305 g/mol. The number of ether oxygens (including phenoxy) is 1. The van der Waals surface area contributed by atoms with Crippen molar-refractivity contribution >= 4 is 17.3 Å². The van der Waals surface area contributed by atoms with Gasteiger partial charge >= 0.3 is 0 Å². The van der Waals surface area contributed by atoms with E-state index in [-0.39, 0.29) is 5.54 Å². The second kappa shape index (κ2) is 6.83. The van der Waals surface area contributed by atoms with Crippen molar-refractivity contribution in [3.8, 4) is 5.75 Å². The lowest BCUT2D eigenvalue weighted by Gasteiger charge is -2.31. The molecule has 0 spiro atoms. The number of methoxy groups -OCH3 is 1. The Bertz CT molecular complexity index is 586. The zero-order valence-corrected chi connectivity index (χ0v) is 13.2. The van der Waals surface area contributed by atoms with E-state index in [9.17, 15) is 0 Å². The minimum Gasteiger partial charge on any atom is -0.497 e. The van der Waals surface area contributed by atoms with Crippen LogP contribution in [0.5, 0.6) is 5.75 Å². The molecule has 1 unspecified atom stereocenters. The highest BCUT2D eigenvalue weighted by atomic mass is 35.5. The van der Waals surface area contributed by atoms with Crippen LogP contribution >= 0.6 is 11.6 Å². The second-order valence-corrected chi connectivity index (χ2v) is 5.86. The van der Waals surface area contributed by atoms with E-state index in [4.69, 9.17) is 22.1 Å². The van der Waals surface area contributed by atoms with Crippen molar-refractivity contribution in [1.82, 2.24) is 0 Å². The normalized spacial score (nSPS) is 13.5. The van der Waals surface area contributed by atoms with Gasteiger partial charge in [0.2, 0.25) is 0 Å². The predicted octanol–water partition coefficient (Wildman–Crippen LogP) is 3.72. The van der Waals surface area contributed by atoms with Crippen molar-refractivity contribution in [1.29, 1.82) is 0 Å². The van der Waals surface area contributed by atoms with Crippen LogP contribution in [0, 0.1) is 0 Å². The quantitative estimate of drug-likeness (QED) is 0.855. The van der Waals surface area contributed by atoms with E-state index in [1.54, 1.807) is 7.11 Å². The molecular weight excluding hydrogens is 284 g/mol. The standard InChI is InChI=1S/C17H21ClN2O/c1-17(12-19,20-15-5-3-4-14(18)10-15)11-13-6-8-16(21-2)9-7-13/h3-10,20H,11-12,19H2,1-2H3. The zero-order chi connectivity index (χ0) is 15.3. The summed E-state index contributed by atoms with van der Waals surface area (Å²) in [5.74, 6) is 0.857. The number of anilines is 1. The number of halogens is 1. The van der Waals surface area contributed by atoms with Crippen LogP contribution in [0.3, 0.4) is 0 Å². The van der Waals surface area contributed by atoms with Crippen molar-refractivity contribution in [2.75, 3.05) is 19.0 Å². The fraction of sp³-hybridized carbons (Fsp3) is 0.294. The first-order chi connectivity index (χ1) is 10.0. The third kappa shape index (κ3) is 4.38. The molecule has 0 aromatic heterocycles. The number of hydrogen-bond acceptors (Lipinski definition) is 3. The van der Waals surface area contributed by atoms with E-state index in [0.29, 0.717) is 11.6 Å². The van der Waals surface area contributed by atoms with Crippen molar-refractivity contribution in [3.63, 3.8) is 0 Å². The molecule has 0 aliphatic rings. The van der Waals surface area contributed by atoms with Gasteiger partial charge in [0.25, 0.3) is 0 Å². The maximum atomic E-state index is 6.03. The van der Waals surface area contributed by atoms with Gasteiger partial charge in [-0.3, -0.25) is 0 Å². The van der Waals surface area contributed by atoms with E-state index in [1.165, 1.54) is 5.56 Å². The molecule has 2 aromatic rings. The van der Waals surface area contributed by atoms with E-state index < -0.39 is 0 Å². The van der Waals surface area contributed by atoms with Crippen LogP contribution in [0.1, 0.15) is 12.5 Å². The first-order valence-corrected chi connectivity index (χ1v) is 7.29. The van der Waals surface area contributed by atoms with Gasteiger partial charge in [-0.2, -0.15) is 0 Å². The summed E-state index contributed by atoms with van der Waals surface area (Å²) in [6.07, 6.45) is 0.819. The van der Waals surface area contributed by atoms with Crippen LogP contribution in [-0.2, 0) is 6.42 Å². The van der Waals surface area contributed by atoms with Crippen molar-refractivity contribution in [2.45, 2.75) is 18.9 Å². The van der Waals surface area contributed by atoms with E-state index in [2.05, 4.69) is 24.4 Å². The van der Waals surface area contributed by atoms with Gasteiger partial charge in [0.15, 0.2) is 0 Å². The van der Waals surface area contributed by atoms with Crippen molar-refractivity contribution < 1.29 is 4.74 Å². The molecule has 3 N–H and O–H groups in total. The monoisotopic (exact) mass is 304 g/mol. The summed E-state index contributed by atoms with van der Waals surface area (Å²) in [7, 11) is 1.67. The molecule has 0 aliphatic heterocycles. The fourth-order valence-electron chi connectivity index (χ4n) is 2.28. The first-order valence-electron chi connectivity index (χ1n) is 6.91. The van der Waals surface area contributed by atoms with Crippen LogP contribution in [0.15, 0.2) is 48.5 Å². The summed E-state index contributed by atoms with van der Waals surface area (Å²) in [4.78, 5) is 0. The molecule has 2 aromatic carbocycles. The highest BCUT2D eigenvalue weighted by Gasteiger charge is 2.22. The van der Waals surface area contributed by atoms with Gasteiger partial charge in [-0.1, -0.05) is 29.8 Å². The molecule has 0 saturated heterocycles. The lowest BCUT2D eigenvalue weighted by Crippen LogP contribution is -2.44. The number of hydrogen-bond donors (Lipinski definition) is 2. The second-order valence-electron chi connectivity index (χ2n) is 5.42. The van der Waals surface area contributed by atoms with Gasteiger partial charge in [-0.05, 0) is 49.2 Å². The van der Waals surface area contributed by atoms with Crippen molar-refractivity contribution in [3.05, 3.63) is 59.1 Å². The fourth-order valence-corrected chi connectivity index (χ4v) is 2.47. The van der Waals surface area contributed by atoms with Gasteiger partial charge in [0.1, 0.15) is 5.75 Å². The van der Waals surface area contributed by atoms with Crippen LogP contribution in [0.2, 0.25) is 5.02 Å². The molecule has 0 fully saturated rings. The summed E-state index contributed by atoms with van der Waals surface area (Å²) in [6, 6.07) is 15.7. The van der Waals surface area contributed by atoms with Crippen LogP contribution < -0.4 is 15.8 Å². The molecule has 0 amide bonds. The average Bonchev–Trinajstić information content (AvgIpc) is 2.48. The topological polar surface area (TPSA) is 47.3 Å². The van der Waals surface area contributed by atoms with E-state index in [0.717, 1.165) is 17.9 Å². The molecule has 21 heavy (non-hydrogen) atoms. The highest BCUT2D eigenvalue weighted by Crippen LogP contribution is 2.23. The van der Waals surface area contributed by atoms with Crippen LogP contribution in [0.4, 0.5) is 5.69 Å². The minimum atomic E-state index is -0.237. The largest absolute Gasteiger partial charge is 0.497 e. The molecular formula is C17H21ClN2O. The predicted molar refractivity (Wildman–Crippen MR) is 89.2 cm³/mol. The zero-order valence-electron chi connectivity index (χ0n) is 12.4.